The molecule has 1 saturated heterocycles. The molecule has 1 aliphatic carbocycles. The van der Waals surface area contributed by atoms with Gasteiger partial charge >= 0.3 is 24.1 Å². The van der Waals surface area contributed by atoms with E-state index >= 15 is 0 Å². The second-order valence-electron chi connectivity index (χ2n) is 14.5. The Kier molecular flexibility index (Phi) is 16.5. The molecule has 0 bridgehead atoms. The minimum atomic E-state index is -4.69. The van der Waals surface area contributed by atoms with E-state index in [1.165, 1.54) is 12.1 Å². The summed E-state index contributed by atoms with van der Waals surface area (Å²) in [7, 11) is 0. The summed E-state index contributed by atoms with van der Waals surface area (Å²) < 4.78 is 66.4. The second kappa shape index (κ2) is 20.1. The Hall–Kier alpha value is -3.75. The highest BCUT2D eigenvalue weighted by molar-refractivity contribution is 5.96. The highest BCUT2D eigenvalue weighted by Crippen LogP contribution is 2.43. The molecule has 0 unspecified atom stereocenters. The molecule has 11 nitrogen and oxygen atoms in total. The average Bonchev–Trinajstić information content (AvgIpc) is 3.46. The number of unbranched alkanes of at least 4 members (excludes halogenated alkanes) is 4. The van der Waals surface area contributed by atoms with Crippen molar-refractivity contribution in [3.8, 4) is 0 Å². The maximum absolute atomic E-state index is 13.7. The molecule has 3 rings (SSSR count). The van der Waals surface area contributed by atoms with Gasteiger partial charge in [-0.25, -0.2) is 9.59 Å². The number of alkyl halides is 3. The first-order valence-electron chi connectivity index (χ1n) is 18.4. The van der Waals surface area contributed by atoms with Crippen LogP contribution in [0.4, 0.5) is 13.2 Å². The van der Waals surface area contributed by atoms with Crippen LogP contribution in [0.25, 0.3) is 6.08 Å². The van der Waals surface area contributed by atoms with Crippen molar-refractivity contribution >= 4 is 29.9 Å². The Morgan fingerprint density at radius 1 is 1.02 bits per heavy atom. The van der Waals surface area contributed by atoms with Crippen molar-refractivity contribution in [1.82, 2.24) is 5.32 Å². The minimum Gasteiger partial charge on any atom is -0.460 e. The molecule has 0 radical (unpaired) electrons. The van der Waals surface area contributed by atoms with Gasteiger partial charge in [0.15, 0.2) is 12.4 Å². The molecule has 0 spiro atoms. The predicted molar refractivity (Wildman–Crippen MR) is 189 cm³/mol. The lowest BCUT2D eigenvalue weighted by atomic mass is 9.91. The Bertz CT molecular complexity index is 1440. The largest absolute Gasteiger partial charge is 0.460 e. The molecule has 1 amide bonds. The first kappa shape index (κ1) is 43.7. The Morgan fingerprint density at radius 2 is 1.68 bits per heavy atom. The second-order valence-corrected chi connectivity index (χ2v) is 14.5. The van der Waals surface area contributed by atoms with Gasteiger partial charge in [-0.2, -0.15) is 13.2 Å². The fraction of sp³-hybridized carbons (Fsp3) is 0.641. The monoisotopic (exact) mass is 753 g/mol. The number of fused-ring (bicyclic) bond motifs is 1. The topological polar surface area (TPSA) is 147 Å². The zero-order valence-corrected chi connectivity index (χ0v) is 31.3. The van der Waals surface area contributed by atoms with Crippen LogP contribution in [-0.4, -0.2) is 84.1 Å². The minimum absolute atomic E-state index is 0.0167. The van der Waals surface area contributed by atoms with Gasteiger partial charge in [0.05, 0.1) is 18.2 Å². The van der Waals surface area contributed by atoms with Crippen LogP contribution < -0.4 is 5.32 Å². The van der Waals surface area contributed by atoms with Gasteiger partial charge in [0.1, 0.15) is 23.9 Å². The first-order chi connectivity index (χ1) is 25.0. The highest BCUT2D eigenvalue weighted by Gasteiger charge is 2.52. The molecule has 1 heterocycles. The zero-order valence-electron chi connectivity index (χ0n) is 31.3. The average molecular weight is 754 g/mol. The van der Waals surface area contributed by atoms with E-state index in [-0.39, 0.29) is 36.0 Å². The number of hydrogen-bond donors (Lipinski definition) is 2. The molecule has 1 aliphatic heterocycles. The third-order valence-corrected chi connectivity index (χ3v) is 8.68. The number of carbonyl (C=O) groups is 4. The summed E-state index contributed by atoms with van der Waals surface area (Å²) in [6, 6.07) is 5.30. The normalized spacial score (nSPS) is 20.3. The lowest BCUT2D eigenvalue weighted by Crippen LogP contribution is -2.45. The van der Waals surface area contributed by atoms with Crippen LogP contribution in [0.1, 0.15) is 121 Å². The lowest BCUT2D eigenvalue weighted by Gasteiger charge is -2.31. The number of nitrogens with one attached hydrogen (secondary N) is 1. The predicted octanol–water partition coefficient (Wildman–Crippen LogP) is 6.90. The summed E-state index contributed by atoms with van der Waals surface area (Å²) in [5, 5.41) is 12.8. The number of aliphatic hydroxyl groups excluding tert-OH is 1. The van der Waals surface area contributed by atoms with Crippen LogP contribution in [0.15, 0.2) is 42.0 Å². The first-order valence-corrected chi connectivity index (χ1v) is 18.4. The van der Waals surface area contributed by atoms with Crippen molar-refractivity contribution in [3.63, 3.8) is 0 Å². The molecule has 0 aromatic heterocycles. The lowest BCUT2D eigenvalue weighted by molar-refractivity contribution is -0.190. The zero-order chi connectivity index (χ0) is 39.2. The Morgan fingerprint density at radius 3 is 2.28 bits per heavy atom. The number of benzene rings is 1. The van der Waals surface area contributed by atoms with Gasteiger partial charge in [-0.1, -0.05) is 57.7 Å². The quantitative estimate of drug-likeness (QED) is 0.0662. The maximum atomic E-state index is 13.7. The third kappa shape index (κ3) is 14.5. The molecule has 1 aromatic carbocycles. The van der Waals surface area contributed by atoms with E-state index in [1.54, 1.807) is 39.0 Å². The number of esters is 3. The number of aliphatic hydroxyl groups is 1. The van der Waals surface area contributed by atoms with E-state index in [0.717, 1.165) is 50.7 Å². The van der Waals surface area contributed by atoms with E-state index in [1.807, 2.05) is 0 Å². The molecule has 0 saturated carbocycles. The van der Waals surface area contributed by atoms with Crippen LogP contribution in [0.5, 0.6) is 0 Å². The van der Waals surface area contributed by atoms with Gasteiger partial charge in [0.25, 0.3) is 0 Å². The molecule has 53 heavy (non-hydrogen) atoms. The number of ether oxygens (including phenoxy) is 5. The molecule has 2 aliphatic rings. The van der Waals surface area contributed by atoms with Crippen molar-refractivity contribution < 1.29 is 61.1 Å². The number of hydrogen-bond acceptors (Lipinski definition) is 10. The fourth-order valence-corrected chi connectivity index (χ4v) is 6.16. The van der Waals surface area contributed by atoms with Crippen LogP contribution in [0, 0.1) is 0 Å². The van der Waals surface area contributed by atoms with Crippen LogP contribution in [0.3, 0.4) is 0 Å². The fourth-order valence-electron chi connectivity index (χ4n) is 6.16. The summed E-state index contributed by atoms with van der Waals surface area (Å²) in [5.41, 5.74) is -0.240. The molecular formula is C39H54F3NO10. The number of carbonyl (C=O) groups excluding carboxylic acids is 4. The van der Waals surface area contributed by atoms with Gasteiger partial charge in [-0.3, -0.25) is 9.59 Å². The van der Waals surface area contributed by atoms with Crippen LogP contribution in [-0.2, 0) is 38.1 Å². The van der Waals surface area contributed by atoms with Crippen LogP contribution in [0.2, 0.25) is 0 Å². The standard InChI is InChI=1S/C39H54F3NO10/c1-6-8-12-20-38(21-13-9-7-2)51-31-23-27(35(47)43-28(24-44)17-19-33(46)52-37(3,4)5)22-30(34(31)53-38)50-36(48)29-15-11-10-14-26(29)16-18-32(45)49-25-39(40,41)42/h10-11,14-16,18,23,28,30-31,34,44H,6-9,12-13,17,19-22,24-25H2,1-5H3,(H,43,47)/t28-,30+,31+,34-/m0/s1. The van der Waals surface area contributed by atoms with E-state index in [9.17, 15) is 37.5 Å². The Balaban J connectivity index is 1.87. The summed E-state index contributed by atoms with van der Waals surface area (Å²) in [6.07, 6.45) is 3.19. The van der Waals surface area contributed by atoms with Gasteiger partial charge in [-0.05, 0) is 63.8 Å². The third-order valence-electron chi connectivity index (χ3n) is 8.68. The van der Waals surface area contributed by atoms with Gasteiger partial charge in [-0.15, -0.1) is 0 Å². The summed E-state index contributed by atoms with van der Waals surface area (Å²) in [4.78, 5) is 51.6. The number of rotatable bonds is 19. The number of amides is 1. The number of halogens is 3. The molecule has 4 atom stereocenters. The van der Waals surface area contributed by atoms with E-state index in [0.29, 0.717) is 12.8 Å². The molecule has 14 heteroatoms. The van der Waals surface area contributed by atoms with Crippen molar-refractivity contribution in [1.29, 1.82) is 0 Å². The van der Waals surface area contributed by atoms with Gasteiger partial charge in [0, 0.05) is 37.3 Å². The smallest absolute Gasteiger partial charge is 0.422 e. The van der Waals surface area contributed by atoms with E-state index in [2.05, 4.69) is 23.9 Å². The Labute approximate surface area is 309 Å². The summed E-state index contributed by atoms with van der Waals surface area (Å²) >= 11 is 0. The van der Waals surface area contributed by atoms with Gasteiger partial charge < -0.3 is 34.1 Å². The highest BCUT2D eigenvalue weighted by atomic mass is 19.4. The molecule has 1 fully saturated rings. The van der Waals surface area contributed by atoms with Crippen LogP contribution >= 0.6 is 0 Å². The van der Waals surface area contributed by atoms with E-state index in [4.69, 9.17) is 18.9 Å². The van der Waals surface area contributed by atoms with Crippen molar-refractivity contribution in [2.75, 3.05) is 13.2 Å². The SMILES string of the molecule is CCCCCC1(CCCCC)O[C@@H]2[C@@H](C=C(C(=O)N[C@H](CO)CCC(=O)OC(C)(C)C)C[C@H]2OC(=O)c2ccccc2C=CC(=O)OCC(F)(F)F)O1. The molecule has 1 aromatic rings. The molecule has 2 N–H and O–H groups in total. The van der Waals surface area contributed by atoms with Gasteiger partial charge in [0.2, 0.25) is 5.91 Å². The molecule has 296 valence electrons. The summed E-state index contributed by atoms with van der Waals surface area (Å²) in [5.74, 6) is -4.03. The maximum Gasteiger partial charge on any atom is 0.422 e. The van der Waals surface area contributed by atoms with Crippen molar-refractivity contribution in [3.05, 3.63) is 53.1 Å². The van der Waals surface area contributed by atoms with Crippen molar-refractivity contribution in [2.24, 2.45) is 0 Å². The molecular weight excluding hydrogens is 699 g/mol. The van der Waals surface area contributed by atoms with E-state index < -0.39 is 78.9 Å². The summed E-state index contributed by atoms with van der Waals surface area (Å²) in [6.45, 7) is 7.23. The van der Waals surface area contributed by atoms with Crippen molar-refractivity contribution in [2.45, 2.75) is 147 Å².